The summed E-state index contributed by atoms with van der Waals surface area (Å²) in [4.78, 5) is 6.52. The van der Waals surface area contributed by atoms with Crippen LogP contribution in [0.15, 0.2) is 30.7 Å². The smallest absolute Gasteiger partial charge is 0.350 e. The Balaban J connectivity index is 1.57. The van der Waals surface area contributed by atoms with Gasteiger partial charge in [-0.1, -0.05) is 0 Å². The summed E-state index contributed by atoms with van der Waals surface area (Å²) in [5.74, 6) is -0.637. The Kier molecular flexibility index (Phi) is 4.02. The average molecular weight is 414 g/mol. The molecule has 30 heavy (non-hydrogen) atoms. The zero-order valence-electron chi connectivity index (χ0n) is 16.2. The lowest BCUT2D eigenvalue weighted by molar-refractivity contribution is -0.146. The Hall–Kier alpha value is -3.50. The topological polar surface area (TPSA) is 77.0 Å². The largest absolute Gasteiger partial charge is 0.453 e. The van der Waals surface area contributed by atoms with Gasteiger partial charge < -0.3 is 4.90 Å². The predicted octanol–water partition coefficient (Wildman–Crippen LogP) is 2.90. The molecule has 154 valence electrons. The first kappa shape index (κ1) is 18.5. The van der Waals surface area contributed by atoms with Gasteiger partial charge in [-0.25, -0.2) is 4.68 Å². The van der Waals surface area contributed by atoms with Crippen molar-refractivity contribution in [3.05, 3.63) is 58.9 Å². The third kappa shape index (κ3) is 2.88. The molecule has 0 saturated heterocycles. The van der Waals surface area contributed by atoms with E-state index in [0.717, 1.165) is 27.0 Å². The molecule has 11 heteroatoms. The van der Waals surface area contributed by atoms with Gasteiger partial charge >= 0.3 is 6.18 Å². The van der Waals surface area contributed by atoms with Gasteiger partial charge in [0, 0.05) is 48.7 Å². The highest BCUT2D eigenvalue weighted by Crippen LogP contribution is 2.32. The van der Waals surface area contributed by atoms with Gasteiger partial charge in [-0.2, -0.15) is 22.8 Å². The van der Waals surface area contributed by atoms with Gasteiger partial charge in [0.05, 0.1) is 11.9 Å². The molecular formula is C19H17F3N8. The van der Waals surface area contributed by atoms with Crippen LogP contribution in [0, 0.1) is 13.8 Å². The van der Waals surface area contributed by atoms with E-state index >= 15 is 0 Å². The Morgan fingerprint density at radius 2 is 1.93 bits per heavy atom. The molecule has 5 rings (SSSR count). The normalized spacial score (nSPS) is 14.4. The van der Waals surface area contributed by atoms with Crippen molar-refractivity contribution >= 4 is 11.5 Å². The Morgan fingerprint density at radius 1 is 1.10 bits per heavy atom. The van der Waals surface area contributed by atoms with Gasteiger partial charge in [0.15, 0.2) is 11.5 Å². The third-order valence-electron chi connectivity index (χ3n) is 5.42. The van der Waals surface area contributed by atoms with E-state index < -0.39 is 12.0 Å². The van der Waals surface area contributed by atoms with Crippen molar-refractivity contribution in [1.29, 1.82) is 0 Å². The molecule has 4 aromatic heterocycles. The molecule has 0 bridgehead atoms. The van der Waals surface area contributed by atoms with Crippen LogP contribution in [0.1, 0.15) is 28.2 Å². The number of aryl methyl sites for hydroxylation is 1. The monoisotopic (exact) mass is 414 g/mol. The van der Waals surface area contributed by atoms with Crippen molar-refractivity contribution in [3.8, 4) is 5.69 Å². The zero-order valence-corrected chi connectivity index (χ0v) is 16.2. The maximum Gasteiger partial charge on any atom is 0.453 e. The Morgan fingerprint density at radius 3 is 2.67 bits per heavy atom. The van der Waals surface area contributed by atoms with E-state index in [1.165, 1.54) is 0 Å². The number of anilines is 1. The maximum absolute atomic E-state index is 13.3. The van der Waals surface area contributed by atoms with Crippen molar-refractivity contribution in [2.75, 3.05) is 11.4 Å². The van der Waals surface area contributed by atoms with E-state index in [0.29, 0.717) is 30.9 Å². The molecule has 4 aromatic rings. The minimum absolute atomic E-state index is 0.114. The number of nitrogens with zero attached hydrogens (tertiary/aromatic N) is 8. The van der Waals surface area contributed by atoms with Crippen LogP contribution >= 0.6 is 0 Å². The number of aromatic nitrogens is 7. The van der Waals surface area contributed by atoms with Crippen molar-refractivity contribution in [2.24, 2.45) is 0 Å². The molecule has 5 heterocycles. The average Bonchev–Trinajstić information content (AvgIpc) is 3.39. The highest BCUT2D eigenvalue weighted by Gasteiger charge is 2.38. The van der Waals surface area contributed by atoms with Crippen LogP contribution in [0.2, 0.25) is 0 Å². The van der Waals surface area contributed by atoms with Gasteiger partial charge in [-0.05, 0) is 31.5 Å². The number of pyridine rings is 1. The fourth-order valence-corrected chi connectivity index (χ4v) is 3.73. The van der Waals surface area contributed by atoms with E-state index in [2.05, 4.69) is 25.4 Å². The molecule has 1 aliphatic rings. The lowest BCUT2D eigenvalue weighted by Crippen LogP contribution is -2.33. The molecule has 0 amide bonds. The molecule has 0 aliphatic carbocycles. The first-order valence-electron chi connectivity index (χ1n) is 9.35. The van der Waals surface area contributed by atoms with Crippen molar-refractivity contribution in [1.82, 2.24) is 34.6 Å². The second-order valence-corrected chi connectivity index (χ2v) is 7.25. The summed E-state index contributed by atoms with van der Waals surface area (Å²) in [6.07, 6.45) is 1.32. The van der Waals surface area contributed by atoms with Crippen molar-refractivity contribution in [3.63, 3.8) is 0 Å². The molecule has 0 fully saturated rings. The first-order valence-corrected chi connectivity index (χ1v) is 9.35. The fourth-order valence-electron chi connectivity index (χ4n) is 3.73. The van der Waals surface area contributed by atoms with Crippen LogP contribution in [0.25, 0.3) is 11.3 Å². The van der Waals surface area contributed by atoms with Crippen molar-refractivity contribution in [2.45, 2.75) is 33.0 Å². The van der Waals surface area contributed by atoms with E-state index in [1.54, 1.807) is 24.0 Å². The molecular weight excluding hydrogens is 397 g/mol. The van der Waals surface area contributed by atoms with Crippen LogP contribution < -0.4 is 4.90 Å². The molecule has 8 nitrogen and oxygen atoms in total. The highest BCUT2D eigenvalue weighted by atomic mass is 19.4. The predicted molar refractivity (Wildman–Crippen MR) is 101 cm³/mol. The molecule has 0 spiro atoms. The molecule has 0 aromatic carbocycles. The summed E-state index contributed by atoms with van der Waals surface area (Å²) in [6, 6.07) is 3.83. The van der Waals surface area contributed by atoms with Gasteiger partial charge in [0.1, 0.15) is 0 Å². The van der Waals surface area contributed by atoms with Crippen molar-refractivity contribution < 1.29 is 13.2 Å². The summed E-state index contributed by atoms with van der Waals surface area (Å²) < 4.78 is 42.5. The van der Waals surface area contributed by atoms with Gasteiger partial charge in [-0.15, -0.1) is 15.3 Å². The van der Waals surface area contributed by atoms with Gasteiger partial charge in [0.25, 0.3) is 5.82 Å². The van der Waals surface area contributed by atoms with Gasteiger partial charge in [0.2, 0.25) is 0 Å². The zero-order chi connectivity index (χ0) is 21.0. The lowest BCUT2D eigenvalue weighted by atomic mass is 10.0. The second-order valence-electron chi connectivity index (χ2n) is 7.25. The summed E-state index contributed by atoms with van der Waals surface area (Å²) in [6.45, 7) is 4.66. The summed E-state index contributed by atoms with van der Waals surface area (Å²) in [5, 5.41) is 15.5. The number of rotatable bonds is 2. The molecule has 0 radical (unpaired) electrons. The minimum Gasteiger partial charge on any atom is -0.350 e. The van der Waals surface area contributed by atoms with Gasteiger partial charge in [-0.3, -0.25) is 4.98 Å². The van der Waals surface area contributed by atoms with Crippen LogP contribution in [-0.4, -0.2) is 41.1 Å². The number of hydrogen-bond donors (Lipinski definition) is 0. The van der Waals surface area contributed by atoms with Crippen LogP contribution in [0.5, 0.6) is 0 Å². The first-order chi connectivity index (χ1) is 14.3. The fraction of sp³-hybridized carbons (Fsp3) is 0.316. The van der Waals surface area contributed by atoms with Crippen LogP contribution in [0.4, 0.5) is 19.0 Å². The summed E-state index contributed by atoms with van der Waals surface area (Å²) in [5.41, 5.74) is 4.31. The quantitative estimate of drug-likeness (QED) is 0.502. The summed E-state index contributed by atoms with van der Waals surface area (Å²) in [7, 11) is 0. The van der Waals surface area contributed by atoms with E-state index in [1.807, 2.05) is 30.2 Å². The number of alkyl halides is 3. The standard InChI is InChI=1S/C19H17F3N8/c1-11-12(2)17(27-30-16(11)25-26-18(30)19(20,21)22)28-7-4-15-13(10-28)8-14(9-23-15)29-6-3-5-24-29/h3,5-6,8-9H,4,7,10H2,1-2H3. The molecule has 1 aliphatic heterocycles. The second kappa shape index (κ2) is 6.51. The maximum atomic E-state index is 13.3. The molecule has 0 unspecified atom stereocenters. The van der Waals surface area contributed by atoms with E-state index in [-0.39, 0.29) is 5.65 Å². The van der Waals surface area contributed by atoms with E-state index in [4.69, 9.17) is 0 Å². The van der Waals surface area contributed by atoms with E-state index in [9.17, 15) is 13.2 Å². The highest BCUT2D eigenvalue weighted by molar-refractivity contribution is 5.60. The third-order valence-corrected chi connectivity index (χ3v) is 5.42. The molecule has 0 saturated carbocycles. The Bertz CT molecular complexity index is 1240. The number of halogens is 3. The van der Waals surface area contributed by atoms with Crippen LogP contribution in [-0.2, 0) is 19.1 Å². The Labute approximate surface area is 169 Å². The summed E-state index contributed by atoms with van der Waals surface area (Å²) >= 11 is 0. The van der Waals surface area contributed by atoms with Crippen LogP contribution in [0.3, 0.4) is 0 Å². The number of hydrogen-bond acceptors (Lipinski definition) is 6. The molecule has 0 atom stereocenters. The SMILES string of the molecule is Cc1c(N2CCc3ncc(-n4cccn4)cc3C2)nn2c(C(F)(F)F)nnc2c1C. The minimum atomic E-state index is -4.64. The number of fused-ring (bicyclic) bond motifs is 2. The lowest BCUT2D eigenvalue weighted by Gasteiger charge is -2.30. The molecule has 0 N–H and O–H groups in total.